The number of pyridine rings is 1. The second-order valence-electron chi connectivity index (χ2n) is 7.33. The Balaban J connectivity index is 1.61. The maximum absolute atomic E-state index is 14.2. The predicted molar refractivity (Wildman–Crippen MR) is 111 cm³/mol. The van der Waals surface area contributed by atoms with E-state index in [-0.39, 0.29) is 11.5 Å². The van der Waals surface area contributed by atoms with E-state index < -0.39 is 29.0 Å². The number of amides is 1. The van der Waals surface area contributed by atoms with E-state index in [0.29, 0.717) is 25.2 Å². The number of nitrogens with zero attached hydrogens (tertiary/aromatic N) is 4. The summed E-state index contributed by atoms with van der Waals surface area (Å²) in [5.74, 6) is -2.61. The lowest BCUT2D eigenvalue weighted by atomic mass is 9.98. The van der Waals surface area contributed by atoms with E-state index in [4.69, 9.17) is 0 Å². The van der Waals surface area contributed by atoms with Gasteiger partial charge in [-0.1, -0.05) is 11.6 Å². The van der Waals surface area contributed by atoms with Crippen LogP contribution in [0.25, 0.3) is 5.57 Å². The fourth-order valence-electron chi connectivity index (χ4n) is 3.60. The molecule has 3 aromatic rings. The minimum Gasteiger partial charge on any atom is -0.349 e. The Morgan fingerprint density at radius 3 is 2.52 bits per heavy atom. The molecule has 0 saturated carbocycles. The van der Waals surface area contributed by atoms with Crippen LogP contribution in [-0.2, 0) is 7.05 Å². The van der Waals surface area contributed by atoms with Gasteiger partial charge < -0.3 is 10.2 Å². The van der Waals surface area contributed by atoms with Gasteiger partial charge in [-0.25, -0.2) is 18.2 Å². The summed E-state index contributed by atoms with van der Waals surface area (Å²) in [6.07, 6.45) is 2.23. The summed E-state index contributed by atoms with van der Waals surface area (Å²) in [6, 6.07) is 7.80. The van der Waals surface area contributed by atoms with Crippen molar-refractivity contribution in [2.75, 3.05) is 23.3 Å². The summed E-state index contributed by atoms with van der Waals surface area (Å²) >= 11 is 0. The number of hydrogen-bond donors (Lipinski definition) is 1. The number of hydrogen-bond acceptors (Lipinski definition) is 4. The van der Waals surface area contributed by atoms with Crippen molar-refractivity contribution in [3.8, 4) is 0 Å². The van der Waals surface area contributed by atoms with Crippen LogP contribution in [0.2, 0.25) is 0 Å². The largest absolute Gasteiger partial charge is 0.349 e. The Morgan fingerprint density at radius 1 is 1.10 bits per heavy atom. The van der Waals surface area contributed by atoms with Crippen molar-refractivity contribution in [2.45, 2.75) is 13.3 Å². The first-order valence-electron chi connectivity index (χ1n) is 9.69. The van der Waals surface area contributed by atoms with Gasteiger partial charge in [-0.15, -0.1) is 0 Å². The van der Waals surface area contributed by atoms with Gasteiger partial charge in [0.05, 0.1) is 5.69 Å². The van der Waals surface area contributed by atoms with Crippen LogP contribution in [-0.4, -0.2) is 33.8 Å². The average Bonchev–Trinajstić information content (AvgIpc) is 3.13. The van der Waals surface area contributed by atoms with E-state index in [2.05, 4.69) is 15.4 Å². The smallest absolute Gasteiger partial charge is 0.276 e. The van der Waals surface area contributed by atoms with Crippen molar-refractivity contribution in [3.63, 3.8) is 0 Å². The predicted octanol–water partition coefficient (Wildman–Crippen LogP) is 4.17. The first-order valence-corrected chi connectivity index (χ1v) is 9.69. The maximum Gasteiger partial charge on any atom is 0.276 e. The molecule has 1 amide bonds. The van der Waals surface area contributed by atoms with Crippen LogP contribution in [0, 0.1) is 17.5 Å². The Labute approximate surface area is 177 Å². The number of carbonyl (C=O) groups excluding carboxylic acids is 1. The lowest BCUT2D eigenvalue weighted by molar-refractivity contribution is 0.102. The second kappa shape index (κ2) is 8.25. The van der Waals surface area contributed by atoms with Crippen molar-refractivity contribution in [1.82, 2.24) is 14.8 Å². The summed E-state index contributed by atoms with van der Waals surface area (Å²) in [7, 11) is 1.68. The van der Waals surface area contributed by atoms with Crippen LogP contribution in [0.4, 0.5) is 24.7 Å². The van der Waals surface area contributed by atoms with E-state index >= 15 is 0 Å². The molecule has 0 fully saturated rings. The summed E-state index contributed by atoms with van der Waals surface area (Å²) in [4.78, 5) is 18.6. The molecule has 0 spiro atoms. The first-order chi connectivity index (χ1) is 14.8. The molecule has 4 rings (SSSR count). The van der Waals surface area contributed by atoms with E-state index in [1.165, 1.54) is 29.1 Å². The molecule has 6 nitrogen and oxygen atoms in total. The molecule has 2 aromatic heterocycles. The second-order valence-corrected chi connectivity index (χ2v) is 7.33. The molecule has 0 saturated heterocycles. The molecule has 1 N–H and O–H groups in total. The maximum atomic E-state index is 14.2. The van der Waals surface area contributed by atoms with Crippen molar-refractivity contribution in [3.05, 3.63) is 77.0 Å². The molecule has 0 atom stereocenters. The van der Waals surface area contributed by atoms with Crippen molar-refractivity contribution in [2.24, 2.45) is 7.05 Å². The fourth-order valence-corrected chi connectivity index (χ4v) is 3.60. The standard InChI is InChI=1S/C22H20F3N5O/c1-13-8-10-30(21-17(25)7-4-9-26-21)12-14(13)19-11-18(28-29(19)2)22(31)27-20-15(23)5-3-6-16(20)24/h3-7,9,11H,8,10,12H2,1-2H3,(H,27,31). The molecule has 0 bridgehead atoms. The van der Waals surface area contributed by atoms with Gasteiger partial charge in [-0.05, 0) is 49.2 Å². The number of para-hydroxylation sites is 1. The molecule has 3 heterocycles. The third-order valence-electron chi connectivity index (χ3n) is 5.28. The Morgan fingerprint density at radius 2 is 1.81 bits per heavy atom. The van der Waals surface area contributed by atoms with Crippen LogP contribution in [0.3, 0.4) is 0 Å². The lowest BCUT2D eigenvalue weighted by Crippen LogP contribution is -2.32. The molecule has 1 aromatic carbocycles. The zero-order chi connectivity index (χ0) is 22.1. The Kier molecular flexibility index (Phi) is 5.50. The summed E-state index contributed by atoms with van der Waals surface area (Å²) in [5.41, 5.74) is 2.13. The van der Waals surface area contributed by atoms with Gasteiger partial charge in [-0.3, -0.25) is 9.48 Å². The van der Waals surface area contributed by atoms with Crippen molar-refractivity contribution >= 4 is 23.0 Å². The van der Waals surface area contributed by atoms with Gasteiger partial charge in [0.2, 0.25) is 0 Å². The van der Waals surface area contributed by atoms with Gasteiger partial charge in [-0.2, -0.15) is 5.10 Å². The lowest BCUT2D eigenvalue weighted by Gasteiger charge is -2.31. The van der Waals surface area contributed by atoms with Gasteiger partial charge >= 0.3 is 0 Å². The number of anilines is 2. The molecule has 160 valence electrons. The van der Waals surface area contributed by atoms with Crippen LogP contribution in [0.15, 0.2) is 48.2 Å². The zero-order valence-electron chi connectivity index (χ0n) is 17.0. The third kappa shape index (κ3) is 4.03. The SMILES string of the molecule is CC1=C(c2cc(C(=O)Nc3c(F)cccc3F)nn2C)CN(c2ncccc2F)CC1. The molecule has 31 heavy (non-hydrogen) atoms. The number of benzene rings is 1. The highest BCUT2D eigenvalue weighted by atomic mass is 19.1. The Hall–Kier alpha value is -3.62. The van der Waals surface area contributed by atoms with Crippen molar-refractivity contribution in [1.29, 1.82) is 0 Å². The minimum absolute atomic E-state index is 0.0154. The van der Waals surface area contributed by atoms with Crippen LogP contribution >= 0.6 is 0 Å². The van der Waals surface area contributed by atoms with E-state index in [1.807, 2.05) is 11.8 Å². The number of aromatic nitrogens is 3. The molecule has 1 aliphatic rings. The molecular weight excluding hydrogens is 407 g/mol. The number of aryl methyl sites for hydroxylation is 1. The summed E-state index contributed by atoms with van der Waals surface area (Å²) in [6.45, 7) is 2.98. The van der Waals surface area contributed by atoms with Gasteiger partial charge in [0.1, 0.15) is 17.3 Å². The number of nitrogens with one attached hydrogen (secondary N) is 1. The highest BCUT2D eigenvalue weighted by Gasteiger charge is 2.25. The van der Waals surface area contributed by atoms with E-state index in [1.54, 1.807) is 13.1 Å². The molecule has 0 radical (unpaired) electrons. The van der Waals surface area contributed by atoms with Crippen LogP contribution in [0.5, 0.6) is 0 Å². The summed E-state index contributed by atoms with van der Waals surface area (Å²) < 4.78 is 43.5. The molecule has 0 aliphatic carbocycles. The monoisotopic (exact) mass is 427 g/mol. The first kappa shape index (κ1) is 20.6. The normalized spacial score (nSPS) is 14.2. The summed E-state index contributed by atoms with van der Waals surface area (Å²) in [5, 5.41) is 6.45. The molecule has 0 unspecified atom stereocenters. The zero-order valence-corrected chi connectivity index (χ0v) is 17.0. The molecule has 1 aliphatic heterocycles. The van der Waals surface area contributed by atoms with Crippen molar-refractivity contribution < 1.29 is 18.0 Å². The minimum atomic E-state index is -0.872. The quantitative estimate of drug-likeness (QED) is 0.679. The molecular formula is C22H20F3N5O. The third-order valence-corrected chi connectivity index (χ3v) is 5.28. The fraction of sp³-hybridized carbons (Fsp3) is 0.227. The Bertz CT molecular complexity index is 1170. The number of carbonyl (C=O) groups is 1. The number of rotatable bonds is 4. The highest BCUT2D eigenvalue weighted by molar-refractivity contribution is 6.03. The number of halogens is 3. The van der Waals surface area contributed by atoms with E-state index in [9.17, 15) is 18.0 Å². The van der Waals surface area contributed by atoms with Crippen LogP contribution < -0.4 is 10.2 Å². The highest BCUT2D eigenvalue weighted by Crippen LogP contribution is 2.30. The van der Waals surface area contributed by atoms with Gasteiger partial charge in [0.15, 0.2) is 17.3 Å². The average molecular weight is 427 g/mol. The van der Waals surface area contributed by atoms with Gasteiger partial charge in [0, 0.05) is 26.3 Å². The topological polar surface area (TPSA) is 63.1 Å². The van der Waals surface area contributed by atoms with Crippen LogP contribution in [0.1, 0.15) is 29.5 Å². The molecule has 9 heteroatoms. The van der Waals surface area contributed by atoms with E-state index in [0.717, 1.165) is 23.3 Å². The van der Waals surface area contributed by atoms with Gasteiger partial charge in [0.25, 0.3) is 5.91 Å².